The Kier molecular flexibility index (Phi) is 6.14. The molecule has 4 heteroatoms. The van der Waals surface area contributed by atoms with Crippen molar-refractivity contribution in [3.05, 3.63) is 10.2 Å². The molecule has 0 aromatic heterocycles. The van der Waals surface area contributed by atoms with Crippen molar-refractivity contribution >= 4 is 36.7 Å². The van der Waals surface area contributed by atoms with Crippen LogP contribution in [0.4, 0.5) is 0 Å². The molecule has 29 heavy (non-hydrogen) atoms. The highest BCUT2D eigenvalue weighted by Gasteiger charge is 2.78. The van der Waals surface area contributed by atoms with Crippen LogP contribution < -0.4 is 0 Å². The molecule has 0 saturated heterocycles. The van der Waals surface area contributed by atoms with E-state index in [-0.39, 0.29) is 33.3 Å². The zero-order valence-electron chi connectivity index (χ0n) is 20.2. The first-order valence-corrected chi connectivity index (χ1v) is 15.8. The summed E-state index contributed by atoms with van der Waals surface area (Å²) in [5, 5.41) is 0.164. The smallest absolute Gasteiger partial charge is 0.192 e. The molecule has 0 aromatic rings. The van der Waals surface area contributed by atoms with Crippen LogP contribution in [0.5, 0.6) is 0 Å². The average molecular weight is 531 g/mol. The molecule has 0 N–H and O–H groups in total. The number of rotatable bonds is 5. The van der Waals surface area contributed by atoms with Crippen molar-refractivity contribution < 1.29 is 9.22 Å². The molecule has 3 fully saturated rings. The van der Waals surface area contributed by atoms with E-state index >= 15 is 0 Å². The van der Waals surface area contributed by atoms with Gasteiger partial charge < -0.3 is 4.43 Å². The van der Waals surface area contributed by atoms with Crippen LogP contribution in [0.15, 0.2) is 10.2 Å². The van der Waals surface area contributed by atoms with E-state index in [9.17, 15) is 4.79 Å². The van der Waals surface area contributed by atoms with Crippen LogP contribution in [-0.2, 0) is 9.22 Å². The molecule has 3 aliphatic carbocycles. The van der Waals surface area contributed by atoms with Gasteiger partial charge in [-0.2, -0.15) is 0 Å². The second-order valence-electron chi connectivity index (χ2n) is 12.5. The lowest BCUT2D eigenvalue weighted by molar-refractivity contribution is -0.136. The SMILES string of the molecule is CC(C)[C@H]1CC[C@]23C[C@H](C/C=C\I)C(=O)[C@@]2(C)[C@@H](O[Si](C)(C)C(C)(C)C)C[C@]13C. The molecule has 0 unspecified atom stereocenters. The van der Waals surface area contributed by atoms with E-state index in [0.29, 0.717) is 17.6 Å². The van der Waals surface area contributed by atoms with Crippen molar-refractivity contribution in [1.29, 1.82) is 0 Å². The van der Waals surface area contributed by atoms with E-state index in [1.807, 2.05) is 0 Å². The molecular formula is C25H43IO2Si. The molecule has 6 atom stereocenters. The van der Waals surface area contributed by atoms with Crippen molar-refractivity contribution in [2.24, 2.45) is 34.0 Å². The number of Topliss-reactive ketones (excluding diaryl/α,β-unsaturated/α-hetero) is 1. The van der Waals surface area contributed by atoms with Gasteiger partial charge in [0.1, 0.15) is 5.78 Å². The van der Waals surface area contributed by atoms with Crippen LogP contribution >= 0.6 is 22.6 Å². The second kappa shape index (κ2) is 7.43. The van der Waals surface area contributed by atoms with E-state index < -0.39 is 8.32 Å². The van der Waals surface area contributed by atoms with Crippen molar-refractivity contribution in [2.75, 3.05) is 0 Å². The van der Waals surface area contributed by atoms with Gasteiger partial charge in [0.2, 0.25) is 0 Å². The Bertz CT molecular complexity index is 693. The first-order valence-electron chi connectivity index (χ1n) is 11.7. The summed E-state index contributed by atoms with van der Waals surface area (Å²) in [5.41, 5.74) is -0.00504. The largest absolute Gasteiger partial charge is 0.413 e. The third-order valence-corrected chi connectivity index (χ3v) is 15.1. The van der Waals surface area contributed by atoms with Crippen LogP contribution in [0.25, 0.3) is 0 Å². The Balaban J connectivity index is 2.09. The third-order valence-electron chi connectivity index (χ3n) is 10.1. The molecule has 0 amide bonds. The maximum absolute atomic E-state index is 14.0. The van der Waals surface area contributed by atoms with Gasteiger partial charge in [0.05, 0.1) is 11.5 Å². The molecule has 0 heterocycles. The lowest BCUT2D eigenvalue weighted by Crippen LogP contribution is -2.51. The quantitative estimate of drug-likeness (QED) is 0.268. The molecule has 2 nitrogen and oxygen atoms in total. The molecule has 3 rings (SSSR count). The van der Waals surface area contributed by atoms with Crippen molar-refractivity contribution in [3.63, 3.8) is 0 Å². The molecule has 3 saturated carbocycles. The number of ketones is 1. The number of halogens is 1. The first-order chi connectivity index (χ1) is 13.2. The molecule has 1 spiro atoms. The van der Waals surface area contributed by atoms with Gasteiger partial charge in [-0.3, -0.25) is 4.79 Å². The summed E-state index contributed by atoms with van der Waals surface area (Å²) in [7, 11) is -1.95. The van der Waals surface area contributed by atoms with Gasteiger partial charge in [-0.05, 0) is 83.9 Å². The maximum atomic E-state index is 14.0. The summed E-state index contributed by atoms with van der Waals surface area (Å²) >= 11 is 2.28. The highest BCUT2D eigenvalue weighted by molar-refractivity contribution is 14.1. The lowest BCUT2D eigenvalue weighted by atomic mass is 9.57. The predicted octanol–water partition coefficient (Wildman–Crippen LogP) is 7.77. The van der Waals surface area contributed by atoms with Gasteiger partial charge in [0.15, 0.2) is 8.32 Å². The topological polar surface area (TPSA) is 26.3 Å². The van der Waals surface area contributed by atoms with E-state index in [1.54, 1.807) is 0 Å². The van der Waals surface area contributed by atoms with E-state index in [1.165, 1.54) is 12.8 Å². The van der Waals surface area contributed by atoms with E-state index in [0.717, 1.165) is 19.3 Å². The number of hydrogen-bond donors (Lipinski definition) is 0. The molecule has 3 aliphatic rings. The third kappa shape index (κ3) is 3.20. The Morgan fingerprint density at radius 2 is 1.86 bits per heavy atom. The summed E-state index contributed by atoms with van der Waals surface area (Å²) in [6, 6.07) is 0. The molecule has 0 aromatic carbocycles. The standard InChI is InChI=1S/C25H43IO2Si/c1-17(2)19-12-13-25-15-18(11-10-14-26)21(27)24(25,7)20(16-23(19,25)6)28-29(8,9)22(3,4)5/h10,14,17-20H,11-13,15-16H2,1-9H3/b14-10-/t18-,19+,20-,23+,24+,25+/m0/s1. The first kappa shape index (κ1) is 24.0. The summed E-state index contributed by atoms with van der Waals surface area (Å²) in [6.07, 6.45) is 7.79. The van der Waals surface area contributed by atoms with Crippen LogP contribution in [0, 0.1) is 34.0 Å². The van der Waals surface area contributed by atoms with Gasteiger partial charge in [-0.1, -0.05) is 70.2 Å². The van der Waals surface area contributed by atoms with Gasteiger partial charge in [-0.25, -0.2) is 0 Å². The van der Waals surface area contributed by atoms with Gasteiger partial charge in [0, 0.05) is 5.92 Å². The zero-order valence-corrected chi connectivity index (χ0v) is 23.4. The number of carbonyl (C=O) groups is 1. The summed E-state index contributed by atoms with van der Waals surface area (Å²) < 4.78 is 9.20. The predicted molar refractivity (Wildman–Crippen MR) is 134 cm³/mol. The maximum Gasteiger partial charge on any atom is 0.192 e. The minimum Gasteiger partial charge on any atom is -0.413 e. The summed E-state index contributed by atoms with van der Waals surface area (Å²) in [5.74, 6) is 2.03. The molecular weight excluding hydrogens is 487 g/mol. The normalized spacial score (nSPS) is 42.9. The number of carbonyl (C=O) groups excluding carboxylic acids is 1. The van der Waals surface area contributed by atoms with Crippen LogP contribution in [-0.4, -0.2) is 20.2 Å². The number of hydrogen-bond acceptors (Lipinski definition) is 2. The number of allylic oxidation sites excluding steroid dienone is 1. The summed E-state index contributed by atoms with van der Waals surface area (Å²) in [6.45, 7) is 21.3. The Labute approximate surface area is 194 Å². The fourth-order valence-corrected chi connectivity index (χ4v) is 9.18. The van der Waals surface area contributed by atoms with Gasteiger partial charge in [-0.15, -0.1) is 0 Å². The van der Waals surface area contributed by atoms with E-state index in [4.69, 9.17) is 4.43 Å². The van der Waals surface area contributed by atoms with Gasteiger partial charge in [0.25, 0.3) is 0 Å². The average Bonchev–Trinajstić information content (AvgIpc) is 3.06. The van der Waals surface area contributed by atoms with Crippen molar-refractivity contribution in [2.45, 2.75) is 105 Å². The van der Waals surface area contributed by atoms with Gasteiger partial charge >= 0.3 is 0 Å². The minimum atomic E-state index is -1.95. The van der Waals surface area contributed by atoms with E-state index in [2.05, 4.69) is 94.3 Å². The molecule has 166 valence electrons. The molecule has 0 bridgehead atoms. The van der Waals surface area contributed by atoms with Crippen LogP contribution in [0.1, 0.15) is 80.6 Å². The monoisotopic (exact) mass is 530 g/mol. The highest BCUT2D eigenvalue weighted by atomic mass is 127. The van der Waals surface area contributed by atoms with Crippen molar-refractivity contribution in [1.82, 2.24) is 0 Å². The fourth-order valence-electron chi connectivity index (χ4n) is 7.50. The molecule has 0 radical (unpaired) electrons. The lowest BCUT2D eigenvalue weighted by Gasteiger charge is -2.47. The highest BCUT2D eigenvalue weighted by Crippen LogP contribution is 2.79. The Morgan fingerprint density at radius 3 is 2.38 bits per heavy atom. The van der Waals surface area contributed by atoms with Crippen LogP contribution in [0.3, 0.4) is 0 Å². The second-order valence-corrected chi connectivity index (χ2v) is 18.0. The Hall–Kier alpha value is 0.317. The fraction of sp³-hybridized carbons (Fsp3) is 0.880. The summed E-state index contributed by atoms with van der Waals surface area (Å²) in [4.78, 5) is 14.0. The van der Waals surface area contributed by atoms with Crippen molar-refractivity contribution in [3.8, 4) is 0 Å². The minimum absolute atomic E-state index is 0.0797. The zero-order chi connectivity index (χ0) is 22.0. The Morgan fingerprint density at radius 1 is 1.24 bits per heavy atom. The molecule has 0 aliphatic heterocycles. The van der Waals surface area contributed by atoms with Crippen LogP contribution in [0.2, 0.25) is 18.1 Å².